The van der Waals surface area contributed by atoms with Crippen LogP contribution in [0.2, 0.25) is 0 Å². The first-order chi connectivity index (χ1) is 16.1. The number of carbonyl (C=O) groups is 1. The molecule has 1 saturated heterocycles. The molecule has 3 unspecified atom stereocenters. The van der Waals surface area contributed by atoms with Gasteiger partial charge in [0.1, 0.15) is 11.2 Å². The van der Waals surface area contributed by atoms with Crippen LogP contribution in [0.4, 0.5) is 6.01 Å². The summed E-state index contributed by atoms with van der Waals surface area (Å²) in [6.07, 6.45) is 2.15. The van der Waals surface area contributed by atoms with E-state index in [1.54, 1.807) is 11.3 Å². The molecule has 1 aliphatic carbocycles. The Kier molecular flexibility index (Phi) is 4.94. The van der Waals surface area contributed by atoms with E-state index < -0.39 is 0 Å². The molecule has 6 rings (SSSR count). The third-order valence-corrected chi connectivity index (χ3v) is 7.87. The zero-order valence-corrected chi connectivity index (χ0v) is 19.6. The quantitative estimate of drug-likeness (QED) is 0.419. The maximum atomic E-state index is 13.7. The normalized spacial score (nSPS) is 21.4. The molecule has 0 radical (unpaired) electrons. The van der Waals surface area contributed by atoms with Crippen LogP contribution in [0.15, 0.2) is 52.9 Å². The number of nitrogens with one attached hydrogen (secondary N) is 1. The van der Waals surface area contributed by atoms with Crippen LogP contribution in [0.3, 0.4) is 0 Å². The molecule has 2 aromatic carbocycles. The van der Waals surface area contributed by atoms with Gasteiger partial charge in [-0.2, -0.15) is 4.98 Å². The summed E-state index contributed by atoms with van der Waals surface area (Å²) in [4.78, 5) is 25.9. The van der Waals surface area contributed by atoms with Crippen LogP contribution < -0.4 is 5.32 Å². The minimum Gasteiger partial charge on any atom is -0.424 e. The first-order valence-electron chi connectivity index (χ1n) is 11.6. The number of aromatic nitrogens is 2. The first-order valence-corrected chi connectivity index (χ1v) is 12.4. The Morgan fingerprint density at radius 1 is 1.21 bits per heavy atom. The van der Waals surface area contributed by atoms with Gasteiger partial charge >= 0.3 is 0 Å². The molecule has 33 heavy (non-hydrogen) atoms. The summed E-state index contributed by atoms with van der Waals surface area (Å²) in [5.41, 5.74) is 4.52. The van der Waals surface area contributed by atoms with E-state index in [1.807, 2.05) is 36.1 Å². The summed E-state index contributed by atoms with van der Waals surface area (Å²) in [5, 5.41) is 4.26. The summed E-state index contributed by atoms with van der Waals surface area (Å²) in [5.74, 6) is 1.17. The maximum absolute atomic E-state index is 13.7. The van der Waals surface area contributed by atoms with Gasteiger partial charge in [-0.25, -0.2) is 4.98 Å². The van der Waals surface area contributed by atoms with Crippen molar-refractivity contribution in [2.75, 3.05) is 18.4 Å². The number of hydrogen-bond donors (Lipinski definition) is 1. The summed E-state index contributed by atoms with van der Waals surface area (Å²) in [7, 11) is 0. The largest absolute Gasteiger partial charge is 0.424 e. The second-order valence-electron chi connectivity index (χ2n) is 9.02. The summed E-state index contributed by atoms with van der Waals surface area (Å²) < 4.78 is 5.82. The van der Waals surface area contributed by atoms with Crippen LogP contribution in [0.5, 0.6) is 0 Å². The number of amides is 1. The van der Waals surface area contributed by atoms with Gasteiger partial charge in [-0.05, 0) is 54.9 Å². The number of aryl methyl sites for hydroxylation is 2. The van der Waals surface area contributed by atoms with Crippen LogP contribution >= 0.6 is 11.3 Å². The van der Waals surface area contributed by atoms with Crippen molar-refractivity contribution in [3.8, 4) is 10.4 Å². The smallest absolute Gasteiger partial charge is 0.295 e. The fraction of sp³-hybridized carbons (Fsp3) is 0.346. The number of para-hydroxylation sites is 2. The highest BCUT2D eigenvalue weighted by molar-refractivity contribution is 7.15. The summed E-state index contributed by atoms with van der Waals surface area (Å²) >= 11 is 1.60. The molecule has 2 fully saturated rings. The Balaban J connectivity index is 1.25. The molecule has 3 atom stereocenters. The average Bonchev–Trinajstić information content (AvgIpc) is 3.16. The molecule has 6 nitrogen and oxygen atoms in total. The molecule has 1 amide bonds. The lowest BCUT2D eigenvalue weighted by atomic mass is 10.1. The Morgan fingerprint density at radius 3 is 2.94 bits per heavy atom. The molecule has 1 saturated carbocycles. The van der Waals surface area contributed by atoms with Crippen molar-refractivity contribution in [3.05, 3.63) is 64.8 Å². The molecule has 0 spiro atoms. The number of fused-ring (bicyclic) bond motifs is 2. The molecule has 1 N–H and O–H groups in total. The Bertz CT molecular complexity index is 1310. The first kappa shape index (κ1) is 20.4. The lowest BCUT2D eigenvalue weighted by Gasteiger charge is -2.27. The summed E-state index contributed by atoms with van der Waals surface area (Å²) in [6.45, 7) is 5.55. The second-order valence-corrected chi connectivity index (χ2v) is 10.2. The number of carbonyl (C=O) groups excluding carboxylic acids is 1. The van der Waals surface area contributed by atoms with E-state index in [1.165, 1.54) is 12.0 Å². The fourth-order valence-corrected chi connectivity index (χ4v) is 5.95. The number of piperidine rings is 1. The molecule has 2 aliphatic rings. The fourth-order valence-electron chi connectivity index (χ4n) is 5.04. The summed E-state index contributed by atoms with van der Waals surface area (Å²) in [6, 6.07) is 16.8. The van der Waals surface area contributed by atoms with Crippen LogP contribution in [0, 0.1) is 18.8 Å². The SMILES string of the molecule is CCc1cccc(-c2sc(C)nc2C(=O)N2CC3CC3C2CNc2nc3ccccc3o2)c1. The van der Waals surface area contributed by atoms with Gasteiger partial charge in [-0.1, -0.05) is 43.3 Å². The van der Waals surface area contributed by atoms with E-state index in [0.29, 0.717) is 30.1 Å². The van der Waals surface area contributed by atoms with E-state index in [4.69, 9.17) is 4.42 Å². The predicted molar refractivity (Wildman–Crippen MR) is 131 cm³/mol. The van der Waals surface area contributed by atoms with Crippen molar-refractivity contribution in [1.29, 1.82) is 0 Å². The molecule has 3 heterocycles. The lowest BCUT2D eigenvalue weighted by molar-refractivity contribution is 0.0710. The zero-order chi connectivity index (χ0) is 22.5. The number of benzene rings is 2. The lowest BCUT2D eigenvalue weighted by Crippen LogP contribution is -2.42. The van der Waals surface area contributed by atoms with Crippen LogP contribution in [-0.2, 0) is 6.42 Å². The second kappa shape index (κ2) is 7.99. The van der Waals surface area contributed by atoms with Gasteiger partial charge in [0.15, 0.2) is 5.58 Å². The van der Waals surface area contributed by atoms with E-state index >= 15 is 0 Å². The van der Waals surface area contributed by atoms with Crippen LogP contribution in [0.1, 0.15) is 34.4 Å². The Morgan fingerprint density at radius 2 is 2.09 bits per heavy atom. The van der Waals surface area contributed by atoms with E-state index in [0.717, 1.165) is 39.5 Å². The van der Waals surface area contributed by atoms with Gasteiger partial charge in [-0.3, -0.25) is 4.79 Å². The van der Waals surface area contributed by atoms with Crippen molar-refractivity contribution in [2.45, 2.75) is 32.7 Å². The number of rotatable bonds is 6. The molecule has 0 bridgehead atoms. The maximum Gasteiger partial charge on any atom is 0.295 e. The Hall–Kier alpha value is -3.19. The molecular weight excluding hydrogens is 432 g/mol. The van der Waals surface area contributed by atoms with Gasteiger partial charge in [-0.15, -0.1) is 11.3 Å². The van der Waals surface area contributed by atoms with Crippen molar-refractivity contribution in [2.24, 2.45) is 11.8 Å². The van der Waals surface area contributed by atoms with Crippen molar-refractivity contribution in [3.63, 3.8) is 0 Å². The standard InChI is InChI=1S/C26H26N4O2S/c1-3-16-7-6-8-17(11-16)24-23(28-15(2)33-24)25(31)30-14-18-12-19(18)21(30)13-27-26-29-20-9-4-5-10-22(20)32-26/h4-11,18-19,21H,3,12-14H2,1-2H3,(H,27,29). The molecule has 4 aromatic rings. The van der Waals surface area contributed by atoms with Crippen molar-refractivity contribution >= 4 is 34.4 Å². The highest BCUT2D eigenvalue weighted by Gasteiger charge is 2.54. The van der Waals surface area contributed by atoms with E-state index in [-0.39, 0.29) is 11.9 Å². The molecule has 2 aromatic heterocycles. The van der Waals surface area contributed by atoms with Crippen molar-refractivity contribution < 1.29 is 9.21 Å². The monoisotopic (exact) mass is 458 g/mol. The minimum atomic E-state index is 0.0350. The van der Waals surface area contributed by atoms with Crippen LogP contribution in [-0.4, -0.2) is 39.9 Å². The molecular formula is C26H26N4O2S. The highest BCUT2D eigenvalue weighted by atomic mass is 32.1. The van der Waals surface area contributed by atoms with Gasteiger partial charge in [0.05, 0.1) is 15.9 Å². The van der Waals surface area contributed by atoms with Gasteiger partial charge in [0.25, 0.3) is 11.9 Å². The van der Waals surface area contributed by atoms with Crippen molar-refractivity contribution in [1.82, 2.24) is 14.9 Å². The minimum absolute atomic E-state index is 0.0350. The van der Waals surface area contributed by atoms with Gasteiger partial charge in [0.2, 0.25) is 0 Å². The Labute approximate surface area is 196 Å². The van der Waals surface area contributed by atoms with Gasteiger partial charge in [0, 0.05) is 13.1 Å². The zero-order valence-electron chi connectivity index (χ0n) is 18.7. The van der Waals surface area contributed by atoms with Gasteiger partial charge < -0.3 is 14.6 Å². The predicted octanol–water partition coefficient (Wildman–Crippen LogP) is 5.39. The highest BCUT2D eigenvalue weighted by Crippen LogP contribution is 2.50. The van der Waals surface area contributed by atoms with Crippen LogP contribution in [0.25, 0.3) is 21.5 Å². The number of oxazole rings is 1. The number of likely N-dealkylation sites (tertiary alicyclic amines) is 1. The number of anilines is 1. The van der Waals surface area contributed by atoms with E-state index in [2.05, 4.69) is 46.5 Å². The third kappa shape index (κ3) is 3.70. The number of thiazole rings is 1. The molecule has 168 valence electrons. The number of hydrogen-bond acceptors (Lipinski definition) is 6. The number of nitrogens with zero attached hydrogens (tertiary/aromatic N) is 3. The topological polar surface area (TPSA) is 71.3 Å². The molecule has 7 heteroatoms. The third-order valence-electron chi connectivity index (χ3n) is 6.85. The molecule has 1 aliphatic heterocycles. The van der Waals surface area contributed by atoms with E-state index in [9.17, 15) is 4.79 Å². The average molecular weight is 459 g/mol.